The summed E-state index contributed by atoms with van der Waals surface area (Å²) in [5.74, 6) is -2.32. The van der Waals surface area contributed by atoms with Crippen molar-refractivity contribution in [3.05, 3.63) is 89.2 Å². The highest BCUT2D eigenvalue weighted by Gasteiger charge is 2.17. The molecule has 0 atom stereocenters. The summed E-state index contributed by atoms with van der Waals surface area (Å²) >= 11 is 1.12. The normalized spacial score (nSPS) is 10.1. The molecule has 172 valence electrons. The van der Waals surface area contributed by atoms with Crippen LogP contribution >= 0.6 is 11.8 Å². The number of methoxy groups -OCH3 is 1. The Bertz CT molecular complexity index is 1270. The predicted octanol–water partition coefficient (Wildman–Crippen LogP) is 4.48. The topological polar surface area (TPSA) is 105 Å². The molecule has 0 heterocycles. The maximum absolute atomic E-state index is 13.8. The minimum absolute atomic E-state index is 0.00121. The van der Waals surface area contributed by atoms with Gasteiger partial charge in [0, 0.05) is 16.1 Å². The van der Waals surface area contributed by atoms with Gasteiger partial charge in [0.25, 0.3) is 0 Å². The van der Waals surface area contributed by atoms with Crippen LogP contribution in [0.15, 0.2) is 71.6 Å². The minimum atomic E-state index is -0.743. The van der Waals surface area contributed by atoms with Crippen molar-refractivity contribution in [2.45, 2.75) is 4.90 Å². The second-order valence-corrected chi connectivity index (χ2v) is 7.89. The number of halogens is 1. The molecule has 0 bridgehead atoms. The molecule has 0 aliphatic heterocycles. The smallest absolute Gasteiger partial charge is 0.339 e. The zero-order chi connectivity index (χ0) is 24.5. The van der Waals surface area contributed by atoms with E-state index in [2.05, 4.69) is 5.32 Å². The molecule has 3 aromatic rings. The maximum atomic E-state index is 13.8. The van der Waals surface area contributed by atoms with Crippen molar-refractivity contribution in [3.63, 3.8) is 0 Å². The van der Waals surface area contributed by atoms with E-state index >= 15 is 0 Å². The van der Waals surface area contributed by atoms with Crippen LogP contribution in [0, 0.1) is 17.1 Å². The summed E-state index contributed by atoms with van der Waals surface area (Å²) in [6.45, 7) is -0.570. The molecular weight excluding hydrogens is 459 g/mol. The molecule has 34 heavy (non-hydrogen) atoms. The van der Waals surface area contributed by atoms with E-state index in [0.29, 0.717) is 16.1 Å². The molecule has 0 saturated carbocycles. The summed E-state index contributed by atoms with van der Waals surface area (Å²) in [6, 6.07) is 18.8. The second-order valence-electron chi connectivity index (χ2n) is 6.87. The van der Waals surface area contributed by atoms with E-state index in [4.69, 9.17) is 14.7 Å². The van der Waals surface area contributed by atoms with Crippen molar-refractivity contribution >= 4 is 35.1 Å². The Balaban J connectivity index is 1.59. The molecule has 0 spiro atoms. The van der Waals surface area contributed by atoms with Gasteiger partial charge in [0.05, 0.1) is 30.1 Å². The van der Waals surface area contributed by atoms with Crippen LogP contribution in [0.3, 0.4) is 0 Å². The van der Waals surface area contributed by atoms with E-state index in [1.54, 1.807) is 42.5 Å². The Morgan fingerprint density at radius 3 is 2.59 bits per heavy atom. The number of nitrogens with one attached hydrogen (secondary N) is 1. The van der Waals surface area contributed by atoms with Gasteiger partial charge in [-0.3, -0.25) is 9.59 Å². The molecule has 0 unspecified atom stereocenters. The van der Waals surface area contributed by atoms with Gasteiger partial charge in [-0.25, -0.2) is 9.18 Å². The monoisotopic (exact) mass is 478 g/mol. The zero-order valence-electron chi connectivity index (χ0n) is 18.0. The molecule has 0 aromatic heterocycles. The number of nitriles is 1. The van der Waals surface area contributed by atoms with Gasteiger partial charge < -0.3 is 14.8 Å². The highest BCUT2D eigenvalue weighted by atomic mass is 32.2. The first-order valence-corrected chi connectivity index (χ1v) is 11.0. The number of thioether (sulfide) groups is 1. The lowest BCUT2D eigenvalue weighted by atomic mass is 10.1. The molecule has 7 nitrogen and oxygen atoms in total. The third-order valence-electron chi connectivity index (χ3n) is 4.55. The van der Waals surface area contributed by atoms with Gasteiger partial charge in [-0.1, -0.05) is 18.2 Å². The number of nitrogens with zero attached hydrogens (tertiary/aromatic N) is 1. The SMILES string of the molecule is COc1ccc(C(=O)COC(=O)c2ccccc2SCC(=O)Nc2cccc(C#N)c2)cc1F. The van der Waals surface area contributed by atoms with E-state index < -0.39 is 24.2 Å². The molecule has 1 amide bonds. The van der Waals surface area contributed by atoms with Crippen LogP contribution in [0.4, 0.5) is 10.1 Å². The standard InChI is InChI=1S/C25H19FN2O5S/c1-32-22-10-9-17(12-20(22)26)21(29)14-33-25(31)19-7-2-3-8-23(19)34-15-24(30)28-18-6-4-5-16(11-18)13-27/h2-12H,14-15H2,1H3,(H,28,30). The van der Waals surface area contributed by atoms with Gasteiger partial charge in [-0.2, -0.15) is 5.26 Å². The molecule has 1 N–H and O–H groups in total. The molecule has 9 heteroatoms. The van der Waals surface area contributed by atoms with E-state index in [-0.39, 0.29) is 28.5 Å². The number of hydrogen-bond acceptors (Lipinski definition) is 7. The Morgan fingerprint density at radius 2 is 1.85 bits per heavy atom. The van der Waals surface area contributed by atoms with Crippen molar-refractivity contribution in [1.82, 2.24) is 0 Å². The molecule has 0 fully saturated rings. The van der Waals surface area contributed by atoms with Crippen molar-refractivity contribution in [2.24, 2.45) is 0 Å². The number of carbonyl (C=O) groups is 3. The van der Waals surface area contributed by atoms with Crippen molar-refractivity contribution < 1.29 is 28.2 Å². The van der Waals surface area contributed by atoms with Crippen molar-refractivity contribution in [1.29, 1.82) is 5.26 Å². The number of benzene rings is 3. The van der Waals surface area contributed by atoms with Gasteiger partial charge in [0.15, 0.2) is 24.0 Å². The average molecular weight is 479 g/mol. The van der Waals surface area contributed by atoms with Crippen LogP contribution in [0.25, 0.3) is 0 Å². The number of carbonyl (C=O) groups excluding carboxylic acids is 3. The van der Waals surface area contributed by atoms with Crippen LogP contribution in [0.1, 0.15) is 26.3 Å². The molecule has 0 aliphatic rings. The number of esters is 1. The number of ether oxygens (including phenoxy) is 2. The first-order chi connectivity index (χ1) is 16.4. The fraction of sp³-hybridized carbons (Fsp3) is 0.120. The van der Waals surface area contributed by atoms with Crippen LogP contribution in [-0.4, -0.2) is 37.1 Å². The lowest BCUT2D eigenvalue weighted by Gasteiger charge is -2.10. The number of amides is 1. The summed E-state index contributed by atoms with van der Waals surface area (Å²) in [6.07, 6.45) is 0. The fourth-order valence-electron chi connectivity index (χ4n) is 2.90. The highest BCUT2D eigenvalue weighted by Crippen LogP contribution is 2.24. The van der Waals surface area contributed by atoms with Crippen molar-refractivity contribution in [3.8, 4) is 11.8 Å². The number of anilines is 1. The molecule has 0 saturated heterocycles. The van der Waals surface area contributed by atoms with Crippen LogP contribution in [0.2, 0.25) is 0 Å². The first-order valence-electron chi connectivity index (χ1n) is 9.97. The second kappa shape index (κ2) is 11.6. The number of hydrogen-bond donors (Lipinski definition) is 1. The van der Waals surface area contributed by atoms with Crippen LogP contribution < -0.4 is 10.1 Å². The Kier molecular flexibility index (Phi) is 8.37. The average Bonchev–Trinajstić information content (AvgIpc) is 2.86. The van der Waals surface area contributed by atoms with Gasteiger partial charge in [0.1, 0.15) is 0 Å². The summed E-state index contributed by atoms with van der Waals surface area (Å²) in [4.78, 5) is 37.6. The van der Waals surface area contributed by atoms with Crippen LogP contribution in [-0.2, 0) is 9.53 Å². The van der Waals surface area contributed by atoms with Crippen LogP contribution in [0.5, 0.6) is 5.75 Å². The number of ketones is 1. The summed E-state index contributed by atoms with van der Waals surface area (Å²) < 4.78 is 23.8. The zero-order valence-corrected chi connectivity index (χ0v) is 18.9. The number of rotatable bonds is 9. The first kappa shape index (κ1) is 24.5. The molecule has 3 rings (SSSR count). The lowest BCUT2D eigenvalue weighted by Crippen LogP contribution is -2.16. The molecular formula is C25H19FN2O5S. The predicted molar refractivity (Wildman–Crippen MR) is 125 cm³/mol. The van der Waals surface area contributed by atoms with Gasteiger partial charge in [0.2, 0.25) is 5.91 Å². The minimum Gasteiger partial charge on any atom is -0.494 e. The van der Waals surface area contributed by atoms with E-state index in [1.807, 2.05) is 6.07 Å². The van der Waals surface area contributed by atoms with E-state index in [9.17, 15) is 18.8 Å². The summed E-state index contributed by atoms with van der Waals surface area (Å²) in [7, 11) is 1.31. The largest absolute Gasteiger partial charge is 0.494 e. The summed E-state index contributed by atoms with van der Waals surface area (Å²) in [5, 5.41) is 11.6. The van der Waals surface area contributed by atoms with Crippen molar-refractivity contribution in [2.75, 3.05) is 24.8 Å². The lowest BCUT2D eigenvalue weighted by molar-refractivity contribution is -0.113. The number of Topliss-reactive ketones (excluding diaryl/α,β-unsaturated/α-hetero) is 1. The summed E-state index contributed by atoms with van der Waals surface area (Å²) in [5.41, 5.74) is 1.16. The van der Waals surface area contributed by atoms with E-state index in [1.165, 1.54) is 25.3 Å². The highest BCUT2D eigenvalue weighted by molar-refractivity contribution is 8.00. The quantitative estimate of drug-likeness (QED) is 0.275. The van der Waals surface area contributed by atoms with Gasteiger partial charge in [-0.15, -0.1) is 11.8 Å². The molecule has 0 radical (unpaired) electrons. The third-order valence-corrected chi connectivity index (χ3v) is 5.62. The Hall–Kier alpha value is -4.16. The van der Waals surface area contributed by atoms with E-state index in [0.717, 1.165) is 17.8 Å². The Labute approximate surface area is 199 Å². The fourth-order valence-corrected chi connectivity index (χ4v) is 3.74. The van der Waals surface area contributed by atoms with Gasteiger partial charge in [-0.05, 0) is 48.5 Å². The third kappa shape index (κ3) is 6.43. The van der Waals surface area contributed by atoms with Gasteiger partial charge >= 0.3 is 5.97 Å². The molecule has 3 aromatic carbocycles. The maximum Gasteiger partial charge on any atom is 0.339 e. The Morgan fingerprint density at radius 1 is 1.06 bits per heavy atom. The molecule has 0 aliphatic carbocycles.